The van der Waals surface area contributed by atoms with E-state index in [2.05, 4.69) is 22.6 Å². The molecule has 0 radical (unpaired) electrons. The minimum Gasteiger partial charge on any atom is -0.475 e. The summed E-state index contributed by atoms with van der Waals surface area (Å²) < 4.78 is 31.7. The number of nitrogens with one attached hydrogen (secondary N) is 2. The number of anilines is 1. The van der Waals surface area contributed by atoms with E-state index in [1.165, 1.54) is 0 Å². The summed E-state index contributed by atoms with van der Waals surface area (Å²) in [5, 5.41) is 13.4. The molecule has 4 rings (SSSR count). The maximum absolute atomic E-state index is 13.0. The van der Waals surface area contributed by atoms with Crippen molar-refractivity contribution in [1.82, 2.24) is 10.2 Å². The van der Waals surface area contributed by atoms with Gasteiger partial charge in [0.2, 0.25) is 5.91 Å². The standard InChI is InChI=1S/C22H24N4O2.C2HF3O2/c1-26(16-9-11-24-12-10-16)20(14-5-3-2-4-6-14)19-17-8-7-15(21(23)27)13-18(17)25-22(19)28;3-2(4,5)1(6)7/h2-8,13,16,24H,9-12H2,1H3,(H2,23,27)(H,25,28);(H,6,7). The van der Waals surface area contributed by atoms with Gasteiger partial charge >= 0.3 is 12.1 Å². The lowest BCUT2D eigenvalue weighted by Crippen LogP contribution is -2.40. The Morgan fingerprint density at radius 2 is 1.66 bits per heavy atom. The highest BCUT2D eigenvalue weighted by Crippen LogP contribution is 2.39. The zero-order valence-corrected chi connectivity index (χ0v) is 18.9. The molecule has 186 valence electrons. The van der Waals surface area contributed by atoms with Gasteiger partial charge < -0.3 is 26.4 Å². The number of aliphatic carboxylic acids is 1. The van der Waals surface area contributed by atoms with E-state index >= 15 is 0 Å². The Hall–Kier alpha value is -3.86. The molecule has 8 nitrogen and oxygen atoms in total. The van der Waals surface area contributed by atoms with Crippen LogP contribution in [0.25, 0.3) is 11.3 Å². The number of nitrogens with zero attached hydrogens (tertiary/aromatic N) is 1. The van der Waals surface area contributed by atoms with Crippen molar-refractivity contribution >= 4 is 34.7 Å². The molecular formula is C24H25F3N4O4. The Labute approximate surface area is 199 Å². The van der Waals surface area contributed by atoms with Crippen LogP contribution in [0.2, 0.25) is 0 Å². The zero-order chi connectivity index (χ0) is 25.8. The molecule has 2 aliphatic rings. The SMILES string of the molecule is CN(C(=C1C(=O)Nc2cc(C(N)=O)ccc21)c1ccccc1)C1CCNCC1.O=C(O)C(F)(F)F. The molecule has 0 aliphatic carbocycles. The fourth-order valence-corrected chi connectivity index (χ4v) is 4.06. The van der Waals surface area contributed by atoms with Crippen molar-refractivity contribution in [1.29, 1.82) is 0 Å². The van der Waals surface area contributed by atoms with Crippen molar-refractivity contribution < 1.29 is 32.7 Å². The molecule has 5 N–H and O–H groups in total. The van der Waals surface area contributed by atoms with E-state index in [0.29, 0.717) is 22.9 Å². The lowest BCUT2D eigenvalue weighted by atomic mass is 9.96. The van der Waals surface area contributed by atoms with Crippen LogP contribution in [-0.4, -0.2) is 60.1 Å². The number of rotatable bonds is 4. The second-order valence-electron chi connectivity index (χ2n) is 8.06. The topological polar surface area (TPSA) is 125 Å². The smallest absolute Gasteiger partial charge is 0.475 e. The lowest BCUT2D eigenvalue weighted by molar-refractivity contribution is -0.192. The average molecular weight is 490 g/mol. The second kappa shape index (κ2) is 10.6. The van der Waals surface area contributed by atoms with E-state index in [0.717, 1.165) is 42.8 Å². The molecule has 0 aromatic heterocycles. The Kier molecular flexibility index (Phi) is 7.80. The maximum Gasteiger partial charge on any atom is 0.490 e. The number of benzene rings is 2. The number of amides is 2. The third-order valence-electron chi connectivity index (χ3n) is 5.78. The molecule has 35 heavy (non-hydrogen) atoms. The number of alkyl halides is 3. The molecule has 0 spiro atoms. The molecule has 2 aromatic carbocycles. The third-order valence-corrected chi connectivity index (χ3v) is 5.78. The van der Waals surface area contributed by atoms with Crippen LogP contribution < -0.4 is 16.4 Å². The molecule has 2 amide bonds. The largest absolute Gasteiger partial charge is 0.490 e. The number of carbonyl (C=O) groups is 3. The highest BCUT2D eigenvalue weighted by atomic mass is 19.4. The predicted molar refractivity (Wildman–Crippen MR) is 124 cm³/mol. The van der Waals surface area contributed by atoms with E-state index in [9.17, 15) is 22.8 Å². The molecule has 0 unspecified atom stereocenters. The highest BCUT2D eigenvalue weighted by Gasteiger charge is 2.38. The number of carbonyl (C=O) groups excluding carboxylic acids is 2. The van der Waals surface area contributed by atoms with Crippen LogP contribution in [0.5, 0.6) is 0 Å². The zero-order valence-electron chi connectivity index (χ0n) is 18.9. The Morgan fingerprint density at radius 3 is 2.20 bits per heavy atom. The number of hydrogen-bond acceptors (Lipinski definition) is 5. The van der Waals surface area contributed by atoms with Gasteiger partial charge in [-0.3, -0.25) is 9.59 Å². The van der Waals surface area contributed by atoms with Crippen LogP contribution in [-0.2, 0) is 9.59 Å². The molecule has 11 heteroatoms. The van der Waals surface area contributed by atoms with Gasteiger partial charge in [0.1, 0.15) is 0 Å². The number of carboxylic acids is 1. The van der Waals surface area contributed by atoms with E-state index < -0.39 is 18.1 Å². The maximum atomic E-state index is 13.0. The number of carboxylic acid groups (broad SMARTS) is 1. The van der Waals surface area contributed by atoms with Crippen molar-refractivity contribution in [2.24, 2.45) is 5.73 Å². The first kappa shape index (κ1) is 25.8. The molecule has 0 saturated carbocycles. The number of fused-ring (bicyclic) bond motifs is 1. The predicted octanol–water partition coefficient (Wildman–Crippen LogP) is 2.92. The van der Waals surface area contributed by atoms with Crippen molar-refractivity contribution in [3.05, 3.63) is 65.2 Å². The van der Waals surface area contributed by atoms with Crippen LogP contribution >= 0.6 is 0 Å². The Bertz CT molecular complexity index is 1140. The molecule has 1 fully saturated rings. The molecular weight excluding hydrogens is 465 g/mol. The quantitative estimate of drug-likeness (QED) is 0.489. The van der Waals surface area contributed by atoms with Crippen molar-refractivity contribution in [2.45, 2.75) is 25.1 Å². The fourth-order valence-electron chi connectivity index (χ4n) is 4.06. The average Bonchev–Trinajstić information content (AvgIpc) is 3.15. The molecule has 2 heterocycles. The van der Waals surface area contributed by atoms with Crippen LogP contribution in [0.3, 0.4) is 0 Å². The summed E-state index contributed by atoms with van der Waals surface area (Å²) in [4.78, 5) is 35.6. The van der Waals surface area contributed by atoms with Gasteiger partial charge in [-0.2, -0.15) is 13.2 Å². The van der Waals surface area contributed by atoms with E-state index in [4.69, 9.17) is 15.6 Å². The van der Waals surface area contributed by atoms with Gasteiger partial charge in [-0.05, 0) is 43.6 Å². The number of nitrogens with two attached hydrogens (primary N) is 1. The minimum atomic E-state index is -5.08. The van der Waals surface area contributed by atoms with Crippen LogP contribution in [0.15, 0.2) is 48.5 Å². The van der Waals surface area contributed by atoms with Gasteiger partial charge in [0.25, 0.3) is 5.91 Å². The third kappa shape index (κ3) is 5.99. The normalized spacial score (nSPS) is 17.0. The summed E-state index contributed by atoms with van der Waals surface area (Å²) in [5.74, 6) is -3.42. The first-order valence-corrected chi connectivity index (χ1v) is 10.8. The second-order valence-corrected chi connectivity index (χ2v) is 8.06. The van der Waals surface area contributed by atoms with Gasteiger partial charge in [0.15, 0.2) is 0 Å². The van der Waals surface area contributed by atoms with Gasteiger partial charge in [-0.25, -0.2) is 4.79 Å². The monoisotopic (exact) mass is 490 g/mol. The van der Waals surface area contributed by atoms with E-state index in [1.807, 2.05) is 36.4 Å². The Balaban J connectivity index is 0.000000429. The molecule has 0 bridgehead atoms. The van der Waals surface area contributed by atoms with E-state index in [-0.39, 0.29) is 5.91 Å². The summed E-state index contributed by atoms with van der Waals surface area (Å²) in [6.07, 6.45) is -3.04. The molecule has 2 aromatic rings. The molecule has 2 aliphatic heterocycles. The van der Waals surface area contributed by atoms with Gasteiger partial charge in [0, 0.05) is 29.9 Å². The first-order valence-electron chi connectivity index (χ1n) is 10.8. The minimum absolute atomic E-state index is 0.156. The summed E-state index contributed by atoms with van der Waals surface area (Å²) in [6, 6.07) is 15.5. The van der Waals surface area contributed by atoms with Crippen LogP contribution in [0.1, 0.15) is 34.3 Å². The number of hydrogen-bond donors (Lipinski definition) is 4. The fraction of sp³-hybridized carbons (Fsp3) is 0.292. The van der Waals surface area contributed by atoms with E-state index in [1.54, 1.807) is 12.1 Å². The molecule has 0 atom stereocenters. The highest BCUT2D eigenvalue weighted by molar-refractivity contribution is 6.36. The lowest BCUT2D eigenvalue weighted by Gasteiger charge is -2.36. The van der Waals surface area contributed by atoms with Gasteiger partial charge in [-0.15, -0.1) is 0 Å². The summed E-state index contributed by atoms with van der Waals surface area (Å²) in [7, 11) is 2.06. The van der Waals surface area contributed by atoms with Crippen molar-refractivity contribution in [3.8, 4) is 0 Å². The number of piperidine rings is 1. The van der Waals surface area contributed by atoms with Gasteiger partial charge in [-0.1, -0.05) is 36.4 Å². The van der Waals surface area contributed by atoms with Gasteiger partial charge in [0.05, 0.1) is 11.3 Å². The van der Waals surface area contributed by atoms with Crippen molar-refractivity contribution in [2.75, 3.05) is 25.5 Å². The number of halogens is 3. The van der Waals surface area contributed by atoms with Crippen LogP contribution in [0.4, 0.5) is 18.9 Å². The first-order chi connectivity index (χ1) is 16.5. The summed E-state index contributed by atoms with van der Waals surface area (Å²) in [6.45, 7) is 1.94. The van der Waals surface area contributed by atoms with Crippen molar-refractivity contribution in [3.63, 3.8) is 0 Å². The molecule has 1 saturated heterocycles. The van der Waals surface area contributed by atoms with Crippen LogP contribution in [0, 0.1) is 0 Å². The Morgan fingerprint density at radius 1 is 1.06 bits per heavy atom. The summed E-state index contributed by atoms with van der Waals surface area (Å²) in [5.41, 5.74) is 9.76. The summed E-state index contributed by atoms with van der Waals surface area (Å²) >= 11 is 0. The number of primary amides is 1.